The van der Waals surface area contributed by atoms with Crippen LogP contribution in [-0.4, -0.2) is 10.2 Å². The van der Waals surface area contributed by atoms with E-state index in [4.69, 9.17) is 0 Å². The first kappa shape index (κ1) is 18.5. The Labute approximate surface area is 156 Å². The Morgan fingerprint density at radius 1 is 0.962 bits per heavy atom. The van der Waals surface area contributed by atoms with E-state index >= 15 is 0 Å². The molecule has 26 heavy (non-hydrogen) atoms. The van der Waals surface area contributed by atoms with E-state index in [1.807, 2.05) is 13.0 Å². The Morgan fingerprint density at radius 3 is 2.15 bits per heavy atom. The molecule has 0 fully saturated rings. The van der Waals surface area contributed by atoms with Gasteiger partial charge in [0.1, 0.15) is 11.9 Å². The number of rotatable bonds is 1. The number of phenolic OH excluding ortho intramolecular Hbond substituents is 1. The minimum absolute atomic E-state index is 0.0954. The van der Waals surface area contributed by atoms with Crippen LogP contribution in [-0.2, 0) is 10.8 Å². The van der Waals surface area contributed by atoms with Gasteiger partial charge in [0, 0.05) is 0 Å². The van der Waals surface area contributed by atoms with Crippen LogP contribution >= 0.6 is 0 Å². The van der Waals surface area contributed by atoms with Gasteiger partial charge in [-0.1, -0.05) is 63.8 Å². The fraction of sp³-hybridized carbons (Fsp3) is 0.417. The first-order valence-corrected chi connectivity index (χ1v) is 9.25. The molecule has 0 aliphatic heterocycles. The monoisotopic (exact) mass is 348 g/mol. The lowest BCUT2D eigenvalue weighted by Crippen LogP contribution is -2.34. The Morgan fingerprint density at radius 2 is 1.54 bits per heavy atom. The Hall–Kier alpha value is -2.24. The lowest BCUT2D eigenvalue weighted by atomic mass is 9.62. The van der Waals surface area contributed by atoms with Gasteiger partial charge < -0.3 is 10.2 Å². The fourth-order valence-corrected chi connectivity index (χ4v) is 3.84. The number of para-hydroxylation sites is 1. The predicted octanol–water partition coefficient (Wildman–Crippen LogP) is 5.13. The number of benzene rings is 2. The van der Waals surface area contributed by atoms with E-state index in [0.29, 0.717) is 5.56 Å². The molecule has 1 aliphatic carbocycles. The van der Waals surface area contributed by atoms with Gasteiger partial charge in [0.15, 0.2) is 0 Å². The molecule has 136 valence electrons. The van der Waals surface area contributed by atoms with Crippen molar-refractivity contribution in [3.8, 4) is 17.6 Å². The molecular formula is C24H28O2. The number of aryl methyl sites for hydroxylation is 1. The minimum Gasteiger partial charge on any atom is -0.507 e. The normalized spacial score (nSPS) is 18.4. The highest BCUT2D eigenvalue weighted by Crippen LogP contribution is 2.47. The topological polar surface area (TPSA) is 40.5 Å². The zero-order valence-corrected chi connectivity index (χ0v) is 16.4. The Balaban J connectivity index is 2.03. The van der Waals surface area contributed by atoms with E-state index in [-0.39, 0.29) is 16.6 Å². The molecule has 0 spiro atoms. The van der Waals surface area contributed by atoms with Crippen molar-refractivity contribution in [3.63, 3.8) is 0 Å². The Bertz CT molecular complexity index is 894. The molecule has 0 bridgehead atoms. The Kier molecular flexibility index (Phi) is 4.63. The number of hydrogen-bond donors (Lipinski definition) is 2. The van der Waals surface area contributed by atoms with Crippen LogP contribution < -0.4 is 0 Å². The van der Waals surface area contributed by atoms with E-state index in [0.717, 1.165) is 17.5 Å². The van der Waals surface area contributed by atoms with E-state index in [9.17, 15) is 10.2 Å². The van der Waals surface area contributed by atoms with Gasteiger partial charge in [-0.05, 0) is 65.0 Å². The quantitative estimate of drug-likeness (QED) is 0.701. The smallest absolute Gasteiger partial charge is 0.140 e. The van der Waals surface area contributed by atoms with Gasteiger partial charge in [0.2, 0.25) is 0 Å². The predicted molar refractivity (Wildman–Crippen MR) is 106 cm³/mol. The summed E-state index contributed by atoms with van der Waals surface area (Å²) in [5.41, 5.74) is 5.40. The van der Waals surface area contributed by atoms with Crippen molar-refractivity contribution in [2.24, 2.45) is 0 Å². The zero-order chi connectivity index (χ0) is 19.1. The SMILES string of the molecule is Cc1cc2c(cc1C(O)C#Cc1ccccc1O)C(C)(C)CCC2(C)C. The van der Waals surface area contributed by atoms with Crippen molar-refractivity contribution in [2.45, 2.75) is 64.4 Å². The third-order valence-electron chi connectivity index (χ3n) is 5.78. The standard InChI is InChI=1S/C24H28O2/c1-16-14-19-20(24(4,5)13-12-23(19,2)3)15-18(16)22(26)11-10-17-8-6-7-9-21(17)25/h6-9,14-15,22,25-26H,12-13H2,1-5H3. The summed E-state index contributed by atoms with van der Waals surface area (Å²) in [6.07, 6.45) is 1.43. The second-order valence-corrected chi connectivity index (χ2v) is 8.71. The summed E-state index contributed by atoms with van der Waals surface area (Å²) in [6.45, 7) is 11.2. The fourth-order valence-electron chi connectivity index (χ4n) is 3.84. The van der Waals surface area contributed by atoms with Crippen molar-refractivity contribution in [1.82, 2.24) is 0 Å². The molecular weight excluding hydrogens is 320 g/mol. The first-order valence-electron chi connectivity index (χ1n) is 9.25. The maximum atomic E-state index is 10.7. The largest absolute Gasteiger partial charge is 0.507 e. The first-order chi connectivity index (χ1) is 12.1. The molecule has 0 saturated carbocycles. The number of fused-ring (bicyclic) bond motifs is 1. The molecule has 0 aromatic heterocycles. The van der Waals surface area contributed by atoms with Gasteiger partial charge in [-0.3, -0.25) is 0 Å². The van der Waals surface area contributed by atoms with Crippen molar-refractivity contribution in [1.29, 1.82) is 0 Å². The molecule has 1 atom stereocenters. The molecule has 1 unspecified atom stereocenters. The molecule has 2 N–H and O–H groups in total. The maximum Gasteiger partial charge on any atom is 0.140 e. The lowest BCUT2D eigenvalue weighted by Gasteiger charge is -2.42. The third kappa shape index (κ3) is 3.37. The molecule has 2 nitrogen and oxygen atoms in total. The molecule has 1 aliphatic rings. The average Bonchev–Trinajstić information content (AvgIpc) is 2.58. The van der Waals surface area contributed by atoms with Crippen molar-refractivity contribution < 1.29 is 10.2 Å². The molecule has 0 amide bonds. The van der Waals surface area contributed by atoms with Gasteiger partial charge in [-0.15, -0.1) is 0 Å². The van der Waals surface area contributed by atoms with Crippen LogP contribution in [0.15, 0.2) is 36.4 Å². The lowest BCUT2D eigenvalue weighted by molar-refractivity contribution is 0.236. The van der Waals surface area contributed by atoms with Gasteiger partial charge >= 0.3 is 0 Å². The van der Waals surface area contributed by atoms with Gasteiger partial charge in [-0.2, -0.15) is 0 Å². The van der Waals surface area contributed by atoms with E-state index < -0.39 is 6.10 Å². The molecule has 2 heteroatoms. The zero-order valence-electron chi connectivity index (χ0n) is 16.4. The summed E-state index contributed by atoms with van der Waals surface area (Å²) in [4.78, 5) is 0. The highest BCUT2D eigenvalue weighted by molar-refractivity contribution is 5.50. The highest BCUT2D eigenvalue weighted by Gasteiger charge is 2.37. The van der Waals surface area contributed by atoms with Crippen LogP contribution in [0.25, 0.3) is 0 Å². The van der Waals surface area contributed by atoms with E-state index in [2.05, 4.69) is 51.7 Å². The van der Waals surface area contributed by atoms with Gasteiger partial charge in [-0.25, -0.2) is 0 Å². The number of aliphatic hydroxyl groups excluding tert-OH is 1. The highest BCUT2D eigenvalue weighted by atomic mass is 16.3. The summed E-state index contributed by atoms with van der Waals surface area (Å²) in [7, 11) is 0. The molecule has 0 saturated heterocycles. The summed E-state index contributed by atoms with van der Waals surface area (Å²) < 4.78 is 0. The second-order valence-electron chi connectivity index (χ2n) is 8.71. The summed E-state index contributed by atoms with van der Waals surface area (Å²) >= 11 is 0. The molecule has 0 heterocycles. The average molecular weight is 348 g/mol. The van der Waals surface area contributed by atoms with E-state index in [1.165, 1.54) is 17.5 Å². The molecule has 0 radical (unpaired) electrons. The number of hydrogen-bond acceptors (Lipinski definition) is 2. The summed E-state index contributed by atoms with van der Waals surface area (Å²) in [6, 6.07) is 11.3. The van der Waals surface area contributed by atoms with Crippen LogP contribution in [0.5, 0.6) is 5.75 Å². The van der Waals surface area contributed by atoms with Gasteiger partial charge in [0.25, 0.3) is 0 Å². The summed E-state index contributed by atoms with van der Waals surface area (Å²) in [5, 5.41) is 20.5. The number of aromatic hydroxyl groups is 1. The second kappa shape index (κ2) is 6.49. The van der Waals surface area contributed by atoms with Crippen LogP contribution in [0.2, 0.25) is 0 Å². The number of aliphatic hydroxyl groups is 1. The molecule has 2 aromatic carbocycles. The van der Waals surface area contributed by atoms with E-state index in [1.54, 1.807) is 18.2 Å². The van der Waals surface area contributed by atoms with Crippen molar-refractivity contribution in [2.75, 3.05) is 0 Å². The van der Waals surface area contributed by atoms with Crippen LogP contribution in [0.4, 0.5) is 0 Å². The number of phenols is 1. The van der Waals surface area contributed by atoms with Crippen LogP contribution in [0.1, 0.15) is 74.5 Å². The summed E-state index contributed by atoms with van der Waals surface area (Å²) in [5.74, 6) is 5.94. The molecule has 3 rings (SSSR count). The minimum atomic E-state index is -0.874. The maximum absolute atomic E-state index is 10.7. The molecule has 2 aromatic rings. The van der Waals surface area contributed by atoms with Gasteiger partial charge in [0.05, 0.1) is 5.56 Å². The van der Waals surface area contributed by atoms with Crippen molar-refractivity contribution in [3.05, 3.63) is 64.2 Å². The third-order valence-corrected chi connectivity index (χ3v) is 5.78. The van der Waals surface area contributed by atoms with Crippen LogP contribution in [0, 0.1) is 18.8 Å². The van der Waals surface area contributed by atoms with Crippen LogP contribution in [0.3, 0.4) is 0 Å². The van der Waals surface area contributed by atoms with Crippen molar-refractivity contribution >= 4 is 0 Å².